The maximum atomic E-state index is 12.7. The Kier molecular flexibility index (Phi) is 4.76. The summed E-state index contributed by atoms with van der Waals surface area (Å²) in [5.41, 5.74) is -0.676. The number of carbonyl (C=O) groups excluding carboxylic acids is 2. The molecule has 1 aliphatic rings. The predicted octanol–water partition coefficient (Wildman–Crippen LogP) is 1.93. The molecule has 0 saturated carbocycles. The van der Waals surface area contributed by atoms with E-state index in [0.29, 0.717) is 0 Å². The summed E-state index contributed by atoms with van der Waals surface area (Å²) in [6, 6.07) is -0.581. The summed E-state index contributed by atoms with van der Waals surface area (Å²) in [7, 11) is -3.72. The third kappa shape index (κ3) is 3.16. The predicted molar refractivity (Wildman–Crippen MR) is 69.8 cm³/mol. The first-order valence-electron chi connectivity index (χ1n) is 6.20. The minimum Gasteiger partial charge on any atom is -0.307 e. The van der Waals surface area contributed by atoms with Crippen LogP contribution in [0, 0.1) is 0 Å². The minimum atomic E-state index is -3.72. The van der Waals surface area contributed by atoms with Gasteiger partial charge in [0.2, 0.25) is 5.78 Å². The number of carbonyl (C=O) groups is 2. The van der Waals surface area contributed by atoms with Crippen molar-refractivity contribution in [1.82, 2.24) is 10.2 Å². The molecule has 1 aliphatic heterocycles. The van der Waals surface area contributed by atoms with Crippen molar-refractivity contribution in [2.45, 2.75) is 45.9 Å². The zero-order valence-electron chi connectivity index (χ0n) is 11.9. The number of hydrogen-bond donors (Lipinski definition) is 1. The van der Waals surface area contributed by atoms with E-state index < -0.39 is 30.9 Å². The SMILES string of the molecule is CCOP(=O)(OCC)C1C(=O)NC(=O)N1C(C)(C)C. The maximum absolute atomic E-state index is 12.7. The van der Waals surface area contributed by atoms with Crippen LogP contribution in [0.4, 0.5) is 4.79 Å². The number of amides is 3. The van der Waals surface area contributed by atoms with Crippen molar-refractivity contribution in [1.29, 1.82) is 0 Å². The van der Waals surface area contributed by atoms with Crippen LogP contribution in [0.3, 0.4) is 0 Å². The molecule has 0 aliphatic carbocycles. The molecule has 19 heavy (non-hydrogen) atoms. The molecule has 1 unspecified atom stereocenters. The molecular weight excluding hydrogens is 271 g/mol. The number of rotatable bonds is 5. The van der Waals surface area contributed by atoms with Gasteiger partial charge in [0.25, 0.3) is 5.91 Å². The van der Waals surface area contributed by atoms with Crippen molar-refractivity contribution in [3.63, 3.8) is 0 Å². The van der Waals surface area contributed by atoms with Gasteiger partial charge in [0.05, 0.1) is 13.2 Å². The average Bonchev–Trinajstić information content (AvgIpc) is 2.54. The van der Waals surface area contributed by atoms with E-state index in [2.05, 4.69) is 5.32 Å². The van der Waals surface area contributed by atoms with Gasteiger partial charge in [-0.2, -0.15) is 0 Å². The first-order chi connectivity index (χ1) is 8.67. The molecule has 3 amide bonds. The molecule has 0 bridgehead atoms. The Morgan fingerprint density at radius 1 is 1.21 bits per heavy atom. The van der Waals surface area contributed by atoms with Crippen LogP contribution in [0.1, 0.15) is 34.6 Å². The molecule has 0 aromatic heterocycles. The van der Waals surface area contributed by atoms with Gasteiger partial charge in [-0.15, -0.1) is 0 Å². The van der Waals surface area contributed by atoms with Crippen LogP contribution in [0.25, 0.3) is 0 Å². The number of nitrogens with zero attached hydrogens (tertiary/aromatic N) is 1. The van der Waals surface area contributed by atoms with Gasteiger partial charge in [-0.1, -0.05) is 0 Å². The van der Waals surface area contributed by atoms with E-state index in [1.807, 2.05) is 0 Å². The van der Waals surface area contributed by atoms with Crippen LogP contribution in [-0.4, -0.2) is 41.4 Å². The first-order valence-corrected chi connectivity index (χ1v) is 7.81. The molecule has 7 nitrogen and oxygen atoms in total. The molecule has 1 heterocycles. The number of urea groups is 1. The molecule has 1 saturated heterocycles. The molecule has 110 valence electrons. The van der Waals surface area contributed by atoms with Gasteiger partial charge in [-0.25, -0.2) is 4.79 Å². The highest BCUT2D eigenvalue weighted by molar-refractivity contribution is 7.55. The normalized spacial score (nSPS) is 20.9. The second-order valence-corrected chi connectivity index (χ2v) is 7.17. The van der Waals surface area contributed by atoms with Gasteiger partial charge in [-0.05, 0) is 34.6 Å². The van der Waals surface area contributed by atoms with E-state index in [9.17, 15) is 14.2 Å². The summed E-state index contributed by atoms with van der Waals surface area (Å²) in [5, 5.41) is 2.16. The van der Waals surface area contributed by atoms with E-state index in [1.54, 1.807) is 34.6 Å². The highest BCUT2D eigenvalue weighted by Crippen LogP contribution is 2.56. The molecule has 8 heteroatoms. The van der Waals surface area contributed by atoms with E-state index in [1.165, 1.54) is 4.90 Å². The van der Waals surface area contributed by atoms with Gasteiger partial charge in [0.15, 0.2) is 0 Å². The zero-order valence-corrected chi connectivity index (χ0v) is 12.8. The lowest BCUT2D eigenvalue weighted by molar-refractivity contribution is -0.120. The van der Waals surface area contributed by atoms with Crippen molar-refractivity contribution in [3.8, 4) is 0 Å². The van der Waals surface area contributed by atoms with E-state index in [-0.39, 0.29) is 13.2 Å². The maximum Gasteiger partial charge on any atom is 0.362 e. The van der Waals surface area contributed by atoms with Crippen LogP contribution in [0.15, 0.2) is 0 Å². The van der Waals surface area contributed by atoms with Crippen LogP contribution < -0.4 is 5.32 Å². The fourth-order valence-corrected chi connectivity index (χ4v) is 4.12. The smallest absolute Gasteiger partial charge is 0.307 e. The molecule has 0 aromatic rings. The fraction of sp³-hybridized carbons (Fsp3) is 0.818. The Morgan fingerprint density at radius 3 is 2.05 bits per heavy atom. The average molecular weight is 292 g/mol. The van der Waals surface area contributed by atoms with Crippen molar-refractivity contribution >= 4 is 19.5 Å². The lowest BCUT2D eigenvalue weighted by atomic mass is 10.1. The van der Waals surface area contributed by atoms with Crippen molar-refractivity contribution in [3.05, 3.63) is 0 Å². The molecule has 0 aromatic carbocycles. The van der Waals surface area contributed by atoms with Gasteiger partial charge >= 0.3 is 13.6 Å². The van der Waals surface area contributed by atoms with Crippen molar-refractivity contribution < 1.29 is 23.2 Å². The third-order valence-corrected chi connectivity index (χ3v) is 4.87. The van der Waals surface area contributed by atoms with Gasteiger partial charge in [0, 0.05) is 5.54 Å². The van der Waals surface area contributed by atoms with Crippen LogP contribution in [0.2, 0.25) is 0 Å². The Morgan fingerprint density at radius 2 is 1.68 bits per heavy atom. The second kappa shape index (κ2) is 5.61. The summed E-state index contributed by atoms with van der Waals surface area (Å²) in [6.07, 6.45) is 0. The summed E-state index contributed by atoms with van der Waals surface area (Å²) in [4.78, 5) is 25.0. The number of nitrogens with one attached hydrogen (secondary N) is 1. The lowest BCUT2D eigenvalue weighted by Gasteiger charge is -2.36. The molecule has 0 radical (unpaired) electrons. The third-order valence-electron chi connectivity index (χ3n) is 2.57. The summed E-state index contributed by atoms with van der Waals surface area (Å²) < 4.78 is 23.1. The Hall–Kier alpha value is -0.910. The quantitative estimate of drug-likeness (QED) is 0.618. The summed E-state index contributed by atoms with van der Waals surface area (Å²) in [6.45, 7) is 8.82. The molecule has 0 spiro atoms. The molecule has 1 N–H and O–H groups in total. The first kappa shape index (κ1) is 16.1. The van der Waals surface area contributed by atoms with Crippen LogP contribution in [0.5, 0.6) is 0 Å². The summed E-state index contributed by atoms with van der Waals surface area (Å²) >= 11 is 0. The van der Waals surface area contributed by atoms with Crippen molar-refractivity contribution in [2.24, 2.45) is 0 Å². The molecule has 1 atom stereocenters. The highest BCUT2D eigenvalue weighted by atomic mass is 31.2. The zero-order chi connectivity index (χ0) is 14.8. The largest absolute Gasteiger partial charge is 0.362 e. The Bertz CT molecular complexity index is 408. The lowest BCUT2D eigenvalue weighted by Crippen LogP contribution is -2.48. The topological polar surface area (TPSA) is 84.9 Å². The molecular formula is C11H21N2O5P. The Labute approximate surface area is 113 Å². The van der Waals surface area contributed by atoms with E-state index in [4.69, 9.17) is 9.05 Å². The minimum absolute atomic E-state index is 0.132. The van der Waals surface area contributed by atoms with Gasteiger partial charge in [0.1, 0.15) is 0 Å². The molecule has 1 fully saturated rings. The fourth-order valence-electron chi connectivity index (χ4n) is 1.95. The Balaban J connectivity index is 3.22. The van der Waals surface area contributed by atoms with Crippen molar-refractivity contribution in [2.75, 3.05) is 13.2 Å². The monoisotopic (exact) mass is 292 g/mol. The standard InChI is InChI=1S/C11H21N2O5P/c1-6-17-19(16,18-7-2)9-8(14)12-10(15)13(9)11(3,4)5/h9H,6-7H2,1-5H3,(H,12,14,15). The van der Waals surface area contributed by atoms with E-state index >= 15 is 0 Å². The number of imide groups is 1. The molecule has 1 rings (SSSR count). The van der Waals surface area contributed by atoms with Crippen LogP contribution >= 0.6 is 7.60 Å². The van der Waals surface area contributed by atoms with Gasteiger partial charge in [-0.3, -0.25) is 19.6 Å². The van der Waals surface area contributed by atoms with Crippen LogP contribution in [-0.2, 0) is 18.4 Å². The number of hydrogen-bond acceptors (Lipinski definition) is 5. The van der Waals surface area contributed by atoms with E-state index in [0.717, 1.165) is 0 Å². The second-order valence-electron chi connectivity index (χ2n) is 5.08. The summed E-state index contributed by atoms with van der Waals surface area (Å²) in [5.74, 6) is -1.88. The van der Waals surface area contributed by atoms with Gasteiger partial charge < -0.3 is 9.05 Å². The highest BCUT2D eigenvalue weighted by Gasteiger charge is 2.55.